The molecule has 1 amide bonds. The Balaban J connectivity index is 2.32. The van der Waals surface area contributed by atoms with Crippen molar-refractivity contribution in [3.8, 4) is 6.07 Å². The highest BCUT2D eigenvalue weighted by atomic mass is 16.3. The van der Waals surface area contributed by atoms with Crippen LogP contribution < -0.4 is 0 Å². The minimum absolute atomic E-state index is 0.443. The number of nitriles is 1. The van der Waals surface area contributed by atoms with Crippen molar-refractivity contribution in [2.75, 3.05) is 0 Å². The van der Waals surface area contributed by atoms with E-state index in [4.69, 9.17) is 9.68 Å². The largest absolute Gasteiger partial charge is 0.463 e. The zero-order chi connectivity index (χ0) is 9.97. The molecule has 68 valence electrons. The van der Waals surface area contributed by atoms with Gasteiger partial charge in [0.25, 0.3) is 5.91 Å². The van der Waals surface area contributed by atoms with E-state index in [1.165, 1.54) is 12.3 Å². The fraction of sp³-hybridized carbons (Fsp3) is 0.100. The van der Waals surface area contributed by atoms with Gasteiger partial charge in [0, 0.05) is 0 Å². The molecule has 1 aromatic heterocycles. The summed E-state index contributed by atoms with van der Waals surface area (Å²) in [7, 11) is 0. The number of dihydropyridines is 1. The van der Waals surface area contributed by atoms with E-state index in [2.05, 4.69) is 4.99 Å². The molecule has 1 unspecified atom stereocenters. The predicted molar refractivity (Wildman–Crippen MR) is 48.5 cm³/mol. The second-order valence-corrected chi connectivity index (χ2v) is 2.78. The maximum absolute atomic E-state index is 11.2. The van der Waals surface area contributed by atoms with Crippen molar-refractivity contribution < 1.29 is 9.21 Å². The van der Waals surface area contributed by atoms with Crippen LogP contribution in [0.25, 0.3) is 0 Å². The maximum Gasteiger partial charge on any atom is 0.267 e. The second-order valence-electron chi connectivity index (χ2n) is 2.78. The lowest BCUT2D eigenvalue weighted by atomic mass is 10.1. The molecular formula is C10H6N2O2. The summed E-state index contributed by atoms with van der Waals surface area (Å²) in [4.78, 5) is 15.0. The van der Waals surface area contributed by atoms with Crippen LogP contribution in [0.2, 0.25) is 0 Å². The van der Waals surface area contributed by atoms with Crippen LogP contribution in [-0.4, -0.2) is 11.6 Å². The fourth-order valence-corrected chi connectivity index (χ4v) is 1.16. The Morgan fingerprint density at radius 1 is 1.57 bits per heavy atom. The number of carbonyl (C=O) groups excluding carboxylic acids is 1. The number of hydrogen-bond donors (Lipinski definition) is 0. The molecule has 14 heavy (non-hydrogen) atoms. The van der Waals surface area contributed by atoms with Gasteiger partial charge in [-0.25, -0.2) is 4.99 Å². The molecule has 4 heteroatoms. The van der Waals surface area contributed by atoms with Gasteiger partial charge >= 0.3 is 0 Å². The van der Waals surface area contributed by atoms with E-state index >= 15 is 0 Å². The standard InChI is InChI=1S/C10H6N2O2/c11-6-7-3-4-8(12-10(7)13)9-2-1-5-14-9/h1-5,7H. The first kappa shape index (κ1) is 8.45. The Labute approximate surface area is 80.2 Å². The second kappa shape index (κ2) is 3.30. The fourth-order valence-electron chi connectivity index (χ4n) is 1.16. The van der Waals surface area contributed by atoms with E-state index in [1.807, 2.05) is 6.07 Å². The van der Waals surface area contributed by atoms with Crippen LogP contribution >= 0.6 is 0 Å². The molecule has 0 N–H and O–H groups in total. The maximum atomic E-state index is 11.2. The molecule has 0 aliphatic carbocycles. The number of carbonyl (C=O) groups is 1. The molecular weight excluding hydrogens is 180 g/mol. The SMILES string of the molecule is N#CC1C=CC(c2ccco2)=NC1=O. The van der Waals surface area contributed by atoms with E-state index in [0.717, 1.165) is 0 Å². The lowest BCUT2D eigenvalue weighted by Gasteiger charge is -2.05. The van der Waals surface area contributed by atoms with Crippen molar-refractivity contribution in [2.24, 2.45) is 10.9 Å². The summed E-state index contributed by atoms with van der Waals surface area (Å²) in [6.07, 6.45) is 4.65. The van der Waals surface area contributed by atoms with Gasteiger partial charge in [0.15, 0.2) is 5.76 Å². The number of aliphatic imine (C=N–C) groups is 1. The van der Waals surface area contributed by atoms with Gasteiger partial charge in [-0.05, 0) is 18.2 Å². The van der Waals surface area contributed by atoms with Crippen LogP contribution in [0.3, 0.4) is 0 Å². The predicted octanol–water partition coefficient (Wildman–Crippen LogP) is 1.30. The Morgan fingerprint density at radius 2 is 2.43 bits per heavy atom. The summed E-state index contributed by atoms with van der Waals surface area (Å²) in [5, 5.41) is 8.56. The Bertz CT molecular complexity index is 449. The number of nitrogens with zero attached hydrogens (tertiary/aromatic N) is 2. The van der Waals surface area contributed by atoms with Crippen molar-refractivity contribution in [3.05, 3.63) is 36.3 Å². The van der Waals surface area contributed by atoms with Crippen molar-refractivity contribution >= 4 is 11.6 Å². The first-order valence-corrected chi connectivity index (χ1v) is 4.05. The third-order valence-corrected chi connectivity index (χ3v) is 1.86. The van der Waals surface area contributed by atoms with Crippen LogP contribution in [0.5, 0.6) is 0 Å². The van der Waals surface area contributed by atoms with Crippen molar-refractivity contribution in [2.45, 2.75) is 0 Å². The summed E-state index contributed by atoms with van der Waals surface area (Å²) in [5.41, 5.74) is 0.464. The summed E-state index contributed by atoms with van der Waals surface area (Å²) in [6, 6.07) is 5.27. The van der Waals surface area contributed by atoms with Crippen LogP contribution in [0.1, 0.15) is 5.76 Å². The highest BCUT2D eigenvalue weighted by molar-refractivity contribution is 6.14. The number of furan rings is 1. The summed E-state index contributed by atoms with van der Waals surface area (Å²) in [5.74, 6) is -0.666. The van der Waals surface area contributed by atoms with Gasteiger partial charge in [-0.2, -0.15) is 5.26 Å². The molecule has 2 rings (SSSR count). The van der Waals surface area contributed by atoms with Crippen molar-refractivity contribution in [1.29, 1.82) is 5.26 Å². The quantitative estimate of drug-likeness (QED) is 0.663. The average molecular weight is 186 g/mol. The summed E-state index contributed by atoms with van der Waals surface area (Å²) in [6.45, 7) is 0. The van der Waals surface area contributed by atoms with Gasteiger partial charge < -0.3 is 4.42 Å². The normalized spacial score (nSPS) is 20.4. The number of rotatable bonds is 1. The third kappa shape index (κ3) is 1.36. The van der Waals surface area contributed by atoms with Crippen LogP contribution in [-0.2, 0) is 4.79 Å². The molecule has 0 fully saturated rings. The number of allylic oxidation sites excluding steroid dienone is 1. The monoisotopic (exact) mass is 186 g/mol. The molecule has 0 bridgehead atoms. The molecule has 4 nitrogen and oxygen atoms in total. The van der Waals surface area contributed by atoms with Gasteiger partial charge in [-0.15, -0.1) is 0 Å². The Hall–Kier alpha value is -2.15. The lowest BCUT2D eigenvalue weighted by Crippen LogP contribution is -2.15. The van der Waals surface area contributed by atoms with E-state index in [9.17, 15) is 4.79 Å². The Kier molecular flexibility index (Phi) is 1.99. The molecule has 1 atom stereocenters. The zero-order valence-electron chi connectivity index (χ0n) is 7.18. The molecule has 2 heterocycles. The van der Waals surface area contributed by atoms with E-state index < -0.39 is 11.8 Å². The van der Waals surface area contributed by atoms with Gasteiger partial charge in [-0.1, -0.05) is 6.08 Å². The minimum atomic E-state index is -0.756. The van der Waals surface area contributed by atoms with Crippen molar-refractivity contribution in [1.82, 2.24) is 0 Å². The molecule has 1 aromatic rings. The highest BCUT2D eigenvalue weighted by Gasteiger charge is 2.19. The zero-order valence-corrected chi connectivity index (χ0v) is 7.18. The Morgan fingerprint density at radius 3 is 3.00 bits per heavy atom. The minimum Gasteiger partial charge on any atom is -0.463 e. The van der Waals surface area contributed by atoms with Crippen LogP contribution in [0.15, 0.2) is 40.0 Å². The van der Waals surface area contributed by atoms with E-state index in [1.54, 1.807) is 18.2 Å². The molecule has 0 radical (unpaired) electrons. The molecule has 1 aliphatic heterocycles. The van der Waals surface area contributed by atoms with Crippen molar-refractivity contribution in [3.63, 3.8) is 0 Å². The van der Waals surface area contributed by atoms with Crippen LogP contribution in [0.4, 0.5) is 0 Å². The van der Waals surface area contributed by atoms with Gasteiger partial charge in [0.1, 0.15) is 11.6 Å². The highest BCUT2D eigenvalue weighted by Crippen LogP contribution is 2.12. The topological polar surface area (TPSA) is 66.4 Å². The van der Waals surface area contributed by atoms with Gasteiger partial charge in [0.2, 0.25) is 0 Å². The summed E-state index contributed by atoms with van der Waals surface area (Å²) < 4.78 is 5.07. The first-order valence-electron chi connectivity index (χ1n) is 4.05. The van der Waals surface area contributed by atoms with Gasteiger partial charge in [-0.3, -0.25) is 4.79 Å². The molecule has 1 aliphatic rings. The molecule has 0 spiro atoms. The lowest BCUT2D eigenvalue weighted by molar-refractivity contribution is -0.118. The third-order valence-electron chi connectivity index (χ3n) is 1.86. The smallest absolute Gasteiger partial charge is 0.267 e. The summed E-state index contributed by atoms with van der Waals surface area (Å²) >= 11 is 0. The number of hydrogen-bond acceptors (Lipinski definition) is 3. The van der Waals surface area contributed by atoms with E-state index in [-0.39, 0.29) is 0 Å². The first-order chi connectivity index (χ1) is 6.81. The molecule has 0 aromatic carbocycles. The molecule has 0 saturated carbocycles. The number of amides is 1. The van der Waals surface area contributed by atoms with Gasteiger partial charge in [0.05, 0.1) is 12.3 Å². The van der Waals surface area contributed by atoms with Crippen LogP contribution in [0, 0.1) is 17.2 Å². The van der Waals surface area contributed by atoms with E-state index in [0.29, 0.717) is 11.5 Å². The average Bonchev–Trinajstić information content (AvgIpc) is 2.70. The molecule has 0 saturated heterocycles.